The monoisotopic (exact) mass is 304 g/mol. The second-order valence-electron chi connectivity index (χ2n) is 5.44. The van der Waals surface area contributed by atoms with Gasteiger partial charge in [-0.3, -0.25) is 14.4 Å². The normalized spacial score (nSPS) is 16.4. The van der Waals surface area contributed by atoms with Gasteiger partial charge in [0, 0.05) is 44.6 Å². The summed E-state index contributed by atoms with van der Waals surface area (Å²) in [7, 11) is 1.83. The standard InChI is InChI=1S/C15H20N4OS/c1-12-10-14(17(2)16-12)15(20)19-7-5-18(6-8-19)11-13-4-3-9-21-13/h3-4,9-10H,5-8,11H2,1-2H3. The van der Waals surface area contributed by atoms with Gasteiger partial charge < -0.3 is 4.90 Å². The van der Waals surface area contributed by atoms with Crippen molar-refractivity contribution >= 4 is 17.2 Å². The molecule has 21 heavy (non-hydrogen) atoms. The SMILES string of the molecule is Cc1cc(C(=O)N2CCN(Cc3cccs3)CC2)n(C)n1. The lowest BCUT2D eigenvalue weighted by atomic mass is 10.2. The number of amides is 1. The largest absolute Gasteiger partial charge is 0.335 e. The van der Waals surface area contributed by atoms with Gasteiger partial charge in [-0.25, -0.2) is 0 Å². The molecule has 1 fully saturated rings. The highest BCUT2D eigenvalue weighted by Crippen LogP contribution is 2.15. The molecule has 5 nitrogen and oxygen atoms in total. The van der Waals surface area contributed by atoms with Crippen molar-refractivity contribution in [3.8, 4) is 0 Å². The average molecular weight is 304 g/mol. The van der Waals surface area contributed by atoms with Crippen LogP contribution in [0.15, 0.2) is 23.6 Å². The van der Waals surface area contributed by atoms with Crippen LogP contribution in [0.2, 0.25) is 0 Å². The van der Waals surface area contributed by atoms with E-state index >= 15 is 0 Å². The number of rotatable bonds is 3. The van der Waals surface area contributed by atoms with Crippen LogP contribution in [0, 0.1) is 6.92 Å². The fourth-order valence-electron chi connectivity index (χ4n) is 2.70. The minimum absolute atomic E-state index is 0.0915. The summed E-state index contributed by atoms with van der Waals surface area (Å²) in [6.45, 7) is 6.34. The highest BCUT2D eigenvalue weighted by molar-refractivity contribution is 7.09. The maximum absolute atomic E-state index is 12.5. The number of thiophene rings is 1. The van der Waals surface area contributed by atoms with Crippen LogP contribution in [-0.2, 0) is 13.6 Å². The van der Waals surface area contributed by atoms with Crippen molar-refractivity contribution in [1.29, 1.82) is 0 Å². The number of piperazine rings is 1. The van der Waals surface area contributed by atoms with Crippen LogP contribution in [0.3, 0.4) is 0 Å². The molecule has 1 aliphatic rings. The lowest BCUT2D eigenvalue weighted by molar-refractivity contribution is 0.0619. The highest BCUT2D eigenvalue weighted by atomic mass is 32.1. The van der Waals surface area contributed by atoms with E-state index < -0.39 is 0 Å². The minimum Gasteiger partial charge on any atom is -0.335 e. The first-order valence-electron chi connectivity index (χ1n) is 7.18. The average Bonchev–Trinajstić information content (AvgIpc) is 3.08. The van der Waals surface area contributed by atoms with Gasteiger partial charge in [0.05, 0.1) is 5.69 Å². The van der Waals surface area contributed by atoms with Gasteiger partial charge in [-0.2, -0.15) is 5.10 Å². The van der Waals surface area contributed by atoms with E-state index in [-0.39, 0.29) is 5.91 Å². The fraction of sp³-hybridized carbons (Fsp3) is 0.467. The molecule has 2 aromatic heterocycles. The Morgan fingerprint density at radius 3 is 2.67 bits per heavy atom. The summed E-state index contributed by atoms with van der Waals surface area (Å²) in [5.41, 5.74) is 1.57. The van der Waals surface area contributed by atoms with Gasteiger partial charge in [-0.15, -0.1) is 11.3 Å². The van der Waals surface area contributed by atoms with Crippen molar-refractivity contribution in [2.45, 2.75) is 13.5 Å². The Morgan fingerprint density at radius 2 is 2.10 bits per heavy atom. The maximum Gasteiger partial charge on any atom is 0.272 e. The minimum atomic E-state index is 0.0915. The molecular weight excluding hydrogens is 284 g/mol. The zero-order chi connectivity index (χ0) is 14.8. The molecule has 0 saturated carbocycles. The van der Waals surface area contributed by atoms with Crippen LogP contribution in [0.5, 0.6) is 0 Å². The summed E-state index contributed by atoms with van der Waals surface area (Å²) < 4.78 is 1.68. The van der Waals surface area contributed by atoms with Crippen LogP contribution in [0.4, 0.5) is 0 Å². The van der Waals surface area contributed by atoms with Gasteiger partial charge in [0.25, 0.3) is 5.91 Å². The lowest BCUT2D eigenvalue weighted by Gasteiger charge is -2.34. The molecule has 1 aliphatic heterocycles. The van der Waals surface area contributed by atoms with E-state index in [1.165, 1.54) is 4.88 Å². The molecule has 2 aromatic rings. The summed E-state index contributed by atoms with van der Waals surface area (Å²) in [6, 6.07) is 6.12. The van der Waals surface area contributed by atoms with Gasteiger partial charge in [0.2, 0.25) is 0 Å². The summed E-state index contributed by atoms with van der Waals surface area (Å²) in [5.74, 6) is 0.0915. The molecular formula is C15H20N4OS. The first kappa shape index (κ1) is 14.3. The van der Waals surface area contributed by atoms with E-state index in [1.807, 2.05) is 24.9 Å². The Morgan fingerprint density at radius 1 is 1.33 bits per heavy atom. The molecule has 0 bridgehead atoms. The molecule has 3 rings (SSSR count). The summed E-state index contributed by atoms with van der Waals surface area (Å²) in [5, 5.41) is 6.36. The lowest BCUT2D eigenvalue weighted by Crippen LogP contribution is -2.48. The molecule has 6 heteroatoms. The van der Waals surface area contributed by atoms with Crippen molar-refractivity contribution in [2.24, 2.45) is 7.05 Å². The van der Waals surface area contributed by atoms with Crippen molar-refractivity contribution in [2.75, 3.05) is 26.2 Å². The molecule has 0 N–H and O–H groups in total. The van der Waals surface area contributed by atoms with Crippen molar-refractivity contribution < 1.29 is 4.79 Å². The zero-order valence-corrected chi connectivity index (χ0v) is 13.3. The van der Waals surface area contributed by atoms with Crippen LogP contribution in [0.1, 0.15) is 21.1 Å². The van der Waals surface area contributed by atoms with Crippen molar-refractivity contribution in [1.82, 2.24) is 19.6 Å². The van der Waals surface area contributed by atoms with Crippen LogP contribution >= 0.6 is 11.3 Å². The summed E-state index contributed by atoms with van der Waals surface area (Å²) in [4.78, 5) is 18.2. The number of aromatic nitrogens is 2. The molecule has 0 spiro atoms. The third kappa shape index (κ3) is 3.16. The molecule has 1 saturated heterocycles. The summed E-state index contributed by atoms with van der Waals surface area (Å²) >= 11 is 1.79. The predicted molar refractivity (Wildman–Crippen MR) is 83.4 cm³/mol. The van der Waals surface area contributed by atoms with E-state index in [2.05, 4.69) is 27.5 Å². The number of hydrogen-bond donors (Lipinski definition) is 0. The zero-order valence-electron chi connectivity index (χ0n) is 12.5. The highest BCUT2D eigenvalue weighted by Gasteiger charge is 2.24. The van der Waals surface area contributed by atoms with Gasteiger partial charge in [0.15, 0.2) is 0 Å². The number of nitrogens with zero attached hydrogens (tertiary/aromatic N) is 4. The summed E-state index contributed by atoms with van der Waals surface area (Å²) in [6.07, 6.45) is 0. The molecule has 0 radical (unpaired) electrons. The quantitative estimate of drug-likeness (QED) is 0.867. The first-order chi connectivity index (χ1) is 10.1. The molecule has 1 amide bonds. The van der Waals surface area contributed by atoms with Crippen molar-refractivity contribution in [3.63, 3.8) is 0 Å². The second kappa shape index (κ2) is 5.99. The molecule has 0 atom stereocenters. The van der Waals surface area contributed by atoms with Gasteiger partial charge in [-0.1, -0.05) is 6.07 Å². The topological polar surface area (TPSA) is 41.4 Å². The number of carbonyl (C=O) groups excluding carboxylic acids is 1. The van der Waals surface area contributed by atoms with E-state index in [0.717, 1.165) is 38.4 Å². The Hall–Kier alpha value is -1.66. The van der Waals surface area contributed by atoms with Gasteiger partial charge in [0.1, 0.15) is 5.69 Å². The third-order valence-corrected chi connectivity index (χ3v) is 4.70. The molecule has 112 valence electrons. The molecule has 0 unspecified atom stereocenters. The maximum atomic E-state index is 12.5. The Balaban J connectivity index is 1.58. The Bertz CT molecular complexity index is 612. The van der Waals surface area contributed by atoms with E-state index in [0.29, 0.717) is 5.69 Å². The van der Waals surface area contributed by atoms with Crippen LogP contribution in [-0.4, -0.2) is 51.7 Å². The number of hydrogen-bond acceptors (Lipinski definition) is 4. The third-order valence-electron chi connectivity index (χ3n) is 3.84. The smallest absolute Gasteiger partial charge is 0.272 e. The molecule has 0 aromatic carbocycles. The van der Waals surface area contributed by atoms with Crippen molar-refractivity contribution in [3.05, 3.63) is 39.8 Å². The number of carbonyl (C=O) groups is 1. The van der Waals surface area contributed by atoms with Gasteiger partial charge >= 0.3 is 0 Å². The second-order valence-corrected chi connectivity index (χ2v) is 6.47. The van der Waals surface area contributed by atoms with Crippen LogP contribution < -0.4 is 0 Å². The first-order valence-corrected chi connectivity index (χ1v) is 8.06. The van der Waals surface area contributed by atoms with E-state index in [9.17, 15) is 4.79 Å². The van der Waals surface area contributed by atoms with E-state index in [4.69, 9.17) is 0 Å². The predicted octanol–water partition coefficient (Wildman–Crippen LogP) is 1.75. The Labute approximate surface area is 128 Å². The van der Waals surface area contributed by atoms with E-state index in [1.54, 1.807) is 16.0 Å². The molecule has 3 heterocycles. The van der Waals surface area contributed by atoms with Crippen LogP contribution in [0.25, 0.3) is 0 Å². The number of aryl methyl sites for hydroxylation is 2. The van der Waals surface area contributed by atoms with Gasteiger partial charge in [-0.05, 0) is 24.4 Å². The Kier molecular flexibility index (Phi) is 4.07. The fourth-order valence-corrected chi connectivity index (χ4v) is 3.45. The molecule has 0 aliphatic carbocycles.